The molecule has 1 aliphatic rings. The first-order valence-corrected chi connectivity index (χ1v) is 8.52. The van der Waals surface area contributed by atoms with Gasteiger partial charge in [0.1, 0.15) is 0 Å². The van der Waals surface area contributed by atoms with Crippen LogP contribution >= 0.6 is 11.3 Å². The minimum absolute atomic E-state index is 0.566. The zero-order chi connectivity index (χ0) is 13.7. The van der Waals surface area contributed by atoms with Crippen molar-refractivity contribution in [3.8, 4) is 0 Å². The molecule has 0 amide bonds. The highest BCUT2D eigenvalue weighted by Gasteiger charge is 2.20. The molecule has 0 bridgehead atoms. The van der Waals surface area contributed by atoms with Crippen LogP contribution in [0.25, 0.3) is 0 Å². The van der Waals surface area contributed by atoms with Gasteiger partial charge in [0, 0.05) is 35.4 Å². The number of thiophene rings is 1. The molecule has 1 saturated carbocycles. The van der Waals surface area contributed by atoms with Crippen LogP contribution in [0.4, 0.5) is 0 Å². The van der Waals surface area contributed by atoms with Crippen LogP contribution in [0.5, 0.6) is 0 Å². The maximum absolute atomic E-state index is 3.49. The first-order valence-electron chi connectivity index (χ1n) is 7.70. The minimum Gasteiger partial charge on any atom is -0.310 e. The monoisotopic (exact) mass is 280 g/mol. The third kappa shape index (κ3) is 4.90. The Balaban J connectivity index is 1.79. The molecule has 1 fully saturated rings. The van der Waals surface area contributed by atoms with Crippen molar-refractivity contribution >= 4 is 11.3 Å². The molecule has 1 N–H and O–H groups in total. The van der Waals surface area contributed by atoms with Gasteiger partial charge >= 0.3 is 0 Å². The first kappa shape index (κ1) is 15.0. The second kappa shape index (κ2) is 7.41. The molecule has 1 aromatic heterocycles. The Labute approximate surface area is 122 Å². The van der Waals surface area contributed by atoms with Gasteiger partial charge < -0.3 is 5.32 Å². The topological polar surface area (TPSA) is 15.3 Å². The fourth-order valence-electron chi connectivity index (χ4n) is 2.47. The van der Waals surface area contributed by atoms with Crippen molar-refractivity contribution in [3.63, 3.8) is 0 Å². The maximum atomic E-state index is 3.49. The minimum atomic E-state index is 0.566. The fraction of sp³-hybridized carbons (Fsp3) is 0.750. The lowest BCUT2D eigenvalue weighted by atomic mass is 9.85. The predicted octanol–water partition coefficient (Wildman–Crippen LogP) is 3.87. The average molecular weight is 280 g/mol. The summed E-state index contributed by atoms with van der Waals surface area (Å²) in [5.41, 5.74) is 0. The Morgan fingerprint density at radius 2 is 2.05 bits per heavy atom. The molecule has 0 aromatic carbocycles. The van der Waals surface area contributed by atoms with Gasteiger partial charge in [0.2, 0.25) is 0 Å². The molecule has 108 valence electrons. The molecular formula is C16H28N2S. The molecule has 1 aliphatic carbocycles. The molecule has 19 heavy (non-hydrogen) atoms. The van der Waals surface area contributed by atoms with Crippen molar-refractivity contribution in [2.24, 2.45) is 5.92 Å². The standard InChI is InChI=1S/C16H28N2S/c1-4-18(11-14-6-5-7-14)12-16-9-8-15(19-16)10-17-13(2)3/h8-9,13-14,17H,4-7,10-12H2,1-3H3. The van der Waals surface area contributed by atoms with E-state index in [0.717, 1.165) is 19.0 Å². The zero-order valence-electron chi connectivity index (χ0n) is 12.6. The zero-order valence-corrected chi connectivity index (χ0v) is 13.4. The maximum Gasteiger partial charge on any atom is 0.0328 e. The quantitative estimate of drug-likeness (QED) is 0.777. The average Bonchev–Trinajstić information content (AvgIpc) is 2.77. The summed E-state index contributed by atoms with van der Waals surface area (Å²) in [4.78, 5) is 5.58. The largest absolute Gasteiger partial charge is 0.310 e. The number of nitrogens with one attached hydrogen (secondary N) is 1. The Hall–Kier alpha value is -0.380. The van der Waals surface area contributed by atoms with Crippen molar-refractivity contribution < 1.29 is 0 Å². The van der Waals surface area contributed by atoms with E-state index in [-0.39, 0.29) is 0 Å². The van der Waals surface area contributed by atoms with E-state index in [9.17, 15) is 0 Å². The van der Waals surface area contributed by atoms with E-state index in [1.54, 1.807) is 0 Å². The van der Waals surface area contributed by atoms with Crippen molar-refractivity contribution in [1.29, 1.82) is 0 Å². The van der Waals surface area contributed by atoms with E-state index in [2.05, 4.69) is 43.1 Å². The molecule has 0 spiro atoms. The van der Waals surface area contributed by atoms with E-state index in [0.29, 0.717) is 6.04 Å². The van der Waals surface area contributed by atoms with E-state index in [1.807, 2.05) is 11.3 Å². The van der Waals surface area contributed by atoms with Gasteiger partial charge in [-0.2, -0.15) is 0 Å². The van der Waals surface area contributed by atoms with Gasteiger partial charge in [-0.05, 0) is 37.4 Å². The molecule has 0 unspecified atom stereocenters. The molecule has 0 radical (unpaired) electrons. The summed E-state index contributed by atoms with van der Waals surface area (Å²) < 4.78 is 0. The normalized spacial score (nSPS) is 16.3. The summed E-state index contributed by atoms with van der Waals surface area (Å²) in [6, 6.07) is 5.16. The van der Waals surface area contributed by atoms with Crippen LogP contribution in [0.3, 0.4) is 0 Å². The molecule has 0 aliphatic heterocycles. The second-order valence-corrected chi connectivity index (χ2v) is 7.28. The molecule has 0 atom stereocenters. The number of rotatable bonds is 8. The van der Waals surface area contributed by atoms with E-state index in [4.69, 9.17) is 0 Å². The molecule has 1 heterocycles. The fourth-order valence-corrected chi connectivity index (χ4v) is 3.48. The van der Waals surface area contributed by atoms with Crippen LogP contribution in [-0.2, 0) is 13.1 Å². The van der Waals surface area contributed by atoms with Gasteiger partial charge in [-0.3, -0.25) is 4.90 Å². The van der Waals surface area contributed by atoms with Gasteiger partial charge in [0.15, 0.2) is 0 Å². The molecular weight excluding hydrogens is 252 g/mol. The predicted molar refractivity (Wildman–Crippen MR) is 84.6 cm³/mol. The van der Waals surface area contributed by atoms with Crippen LogP contribution in [-0.4, -0.2) is 24.0 Å². The van der Waals surface area contributed by atoms with E-state index < -0.39 is 0 Å². The van der Waals surface area contributed by atoms with Gasteiger partial charge in [-0.25, -0.2) is 0 Å². The Kier molecular flexibility index (Phi) is 5.86. The molecule has 2 rings (SSSR count). The Morgan fingerprint density at radius 1 is 1.32 bits per heavy atom. The van der Waals surface area contributed by atoms with Crippen LogP contribution < -0.4 is 5.32 Å². The van der Waals surface area contributed by atoms with Crippen LogP contribution in [0.2, 0.25) is 0 Å². The number of nitrogens with zero attached hydrogens (tertiary/aromatic N) is 1. The first-order chi connectivity index (χ1) is 9.17. The smallest absolute Gasteiger partial charge is 0.0328 e. The summed E-state index contributed by atoms with van der Waals surface area (Å²) in [5.74, 6) is 0.974. The second-order valence-electron chi connectivity index (χ2n) is 6.03. The lowest BCUT2D eigenvalue weighted by Gasteiger charge is -2.31. The highest BCUT2D eigenvalue weighted by atomic mass is 32.1. The van der Waals surface area contributed by atoms with Crippen molar-refractivity contribution in [2.45, 2.75) is 59.2 Å². The highest BCUT2D eigenvalue weighted by Crippen LogP contribution is 2.28. The summed E-state index contributed by atoms with van der Waals surface area (Å²) in [7, 11) is 0. The van der Waals surface area contributed by atoms with Gasteiger partial charge in [0.25, 0.3) is 0 Å². The molecule has 3 heteroatoms. The summed E-state index contributed by atoms with van der Waals surface area (Å²) >= 11 is 1.97. The lowest BCUT2D eigenvalue weighted by Crippen LogP contribution is -2.31. The van der Waals surface area contributed by atoms with Crippen LogP contribution in [0.15, 0.2) is 12.1 Å². The van der Waals surface area contributed by atoms with E-state index >= 15 is 0 Å². The Morgan fingerprint density at radius 3 is 2.63 bits per heavy atom. The lowest BCUT2D eigenvalue weighted by molar-refractivity contribution is 0.179. The Bertz CT molecular complexity index is 369. The molecule has 1 aromatic rings. The van der Waals surface area contributed by atoms with Crippen molar-refractivity contribution in [1.82, 2.24) is 10.2 Å². The van der Waals surface area contributed by atoms with Gasteiger partial charge in [-0.1, -0.05) is 27.2 Å². The van der Waals surface area contributed by atoms with Gasteiger partial charge in [-0.15, -0.1) is 11.3 Å². The molecule has 2 nitrogen and oxygen atoms in total. The van der Waals surface area contributed by atoms with Crippen molar-refractivity contribution in [2.75, 3.05) is 13.1 Å². The summed E-state index contributed by atoms with van der Waals surface area (Å²) in [6.45, 7) is 11.3. The van der Waals surface area contributed by atoms with Crippen LogP contribution in [0.1, 0.15) is 49.8 Å². The third-order valence-corrected chi connectivity index (χ3v) is 5.04. The molecule has 0 saturated heterocycles. The number of hydrogen-bond donors (Lipinski definition) is 1. The third-order valence-electron chi connectivity index (χ3n) is 3.97. The number of hydrogen-bond acceptors (Lipinski definition) is 3. The van der Waals surface area contributed by atoms with Gasteiger partial charge in [0.05, 0.1) is 0 Å². The van der Waals surface area contributed by atoms with Crippen LogP contribution in [0, 0.1) is 5.92 Å². The van der Waals surface area contributed by atoms with Crippen molar-refractivity contribution in [3.05, 3.63) is 21.9 Å². The highest BCUT2D eigenvalue weighted by molar-refractivity contribution is 7.11. The summed E-state index contributed by atoms with van der Waals surface area (Å²) in [6.07, 6.45) is 4.35. The summed E-state index contributed by atoms with van der Waals surface area (Å²) in [5, 5.41) is 3.49. The van der Waals surface area contributed by atoms with E-state index in [1.165, 1.54) is 42.1 Å². The SMILES string of the molecule is CCN(Cc1ccc(CNC(C)C)s1)CC1CCC1.